The number of hydrogen-bond donors (Lipinski definition) is 0. The minimum atomic E-state index is -0.464. The van der Waals surface area contributed by atoms with Crippen LogP contribution in [-0.2, 0) is 14.2 Å². The van der Waals surface area contributed by atoms with Gasteiger partial charge in [-0.05, 0) is 20.8 Å². The molecule has 1 rings (SSSR count). The third-order valence-corrected chi connectivity index (χ3v) is 3.35. The molecule has 5 nitrogen and oxygen atoms in total. The smallest absolute Gasteiger partial charge is 0.410 e. The van der Waals surface area contributed by atoms with E-state index >= 15 is 0 Å². The Labute approximate surface area is 117 Å². The molecule has 0 spiro atoms. The first kappa shape index (κ1) is 15.7. The fourth-order valence-electron chi connectivity index (χ4n) is 1.65. The van der Waals surface area contributed by atoms with Crippen LogP contribution in [0.15, 0.2) is 0 Å². The SMILES string of the molecule is COCCOC1CN(C(=O)OC(C)(C)C)CC1Br. The standard InChI is InChI=1S/C12H22BrNO4/c1-12(2,3)18-11(15)14-7-9(13)10(8-14)17-6-5-16-4/h9-10H,5-8H2,1-4H3. The number of hydrogen-bond acceptors (Lipinski definition) is 4. The van der Waals surface area contributed by atoms with Gasteiger partial charge < -0.3 is 19.1 Å². The van der Waals surface area contributed by atoms with Crippen LogP contribution in [0.2, 0.25) is 0 Å². The zero-order valence-corrected chi connectivity index (χ0v) is 13.0. The Balaban J connectivity index is 2.40. The van der Waals surface area contributed by atoms with Crippen LogP contribution in [0.3, 0.4) is 0 Å². The highest BCUT2D eigenvalue weighted by Crippen LogP contribution is 2.22. The summed E-state index contributed by atoms with van der Waals surface area (Å²) in [5.41, 5.74) is -0.464. The number of methoxy groups -OCH3 is 1. The van der Waals surface area contributed by atoms with Crippen LogP contribution in [-0.4, -0.2) is 60.9 Å². The van der Waals surface area contributed by atoms with Gasteiger partial charge in [0.05, 0.1) is 30.7 Å². The summed E-state index contributed by atoms with van der Waals surface area (Å²) in [7, 11) is 1.64. The Morgan fingerprint density at radius 2 is 2.00 bits per heavy atom. The summed E-state index contributed by atoms with van der Waals surface area (Å²) in [5.74, 6) is 0. The molecule has 1 aliphatic rings. The van der Waals surface area contributed by atoms with E-state index in [-0.39, 0.29) is 17.0 Å². The molecule has 6 heteroatoms. The van der Waals surface area contributed by atoms with Gasteiger partial charge in [0.1, 0.15) is 5.60 Å². The molecular weight excluding hydrogens is 302 g/mol. The second kappa shape index (κ2) is 6.73. The van der Waals surface area contributed by atoms with Crippen molar-refractivity contribution in [2.45, 2.75) is 37.3 Å². The first-order valence-corrected chi connectivity index (χ1v) is 6.97. The average molecular weight is 324 g/mol. The Kier molecular flexibility index (Phi) is 5.88. The predicted octanol–water partition coefficient (Wildman–Crippen LogP) is 2.03. The summed E-state index contributed by atoms with van der Waals surface area (Å²) in [6.45, 7) is 7.83. The van der Waals surface area contributed by atoms with Crippen molar-refractivity contribution < 1.29 is 19.0 Å². The molecule has 1 amide bonds. The Morgan fingerprint density at radius 1 is 1.33 bits per heavy atom. The third-order valence-electron chi connectivity index (χ3n) is 2.47. The first-order valence-electron chi connectivity index (χ1n) is 6.06. The first-order chi connectivity index (χ1) is 8.33. The molecule has 1 heterocycles. The van der Waals surface area contributed by atoms with Crippen LogP contribution in [0.4, 0.5) is 4.79 Å². The van der Waals surface area contributed by atoms with Crippen molar-refractivity contribution in [1.29, 1.82) is 0 Å². The van der Waals surface area contributed by atoms with Gasteiger partial charge in [-0.1, -0.05) is 15.9 Å². The van der Waals surface area contributed by atoms with Crippen LogP contribution in [0.5, 0.6) is 0 Å². The van der Waals surface area contributed by atoms with Crippen molar-refractivity contribution in [2.24, 2.45) is 0 Å². The summed E-state index contributed by atoms with van der Waals surface area (Å²) in [5, 5.41) is 0. The molecule has 0 N–H and O–H groups in total. The lowest BCUT2D eigenvalue weighted by molar-refractivity contribution is 0.0116. The fourth-order valence-corrected chi connectivity index (χ4v) is 2.32. The van der Waals surface area contributed by atoms with Crippen molar-refractivity contribution >= 4 is 22.0 Å². The molecule has 2 atom stereocenters. The molecule has 0 radical (unpaired) electrons. The number of nitrogens with zero attached hydrogens (tertiary/aromatic N) is 1. The maximum atomic E-state index is 11.9. The van der Waals surface area contributed by atoms with Crippen molar-refractivity contribution in [1.82, 2.24) is 4.90 Å². The number of likely N-dealkylation sites (tertiary alicyclic amines) is 1. The maximum absolute atomic E-state index is 11.9. The van der Waals surface area contributed by atoms with E-state index in [0.717, 1.165) is 0 Å². The molecule has 2 unspecified atom stereocenters. The maximum Gasteiger partial charge on any atom is 0.410 e. The third kappa shape index (κ3) is 5.12. The minimum absolute atomic E-state index is 0.00679. The Morgan fingerprint density at radius 3 is 2.56 bits per heavy atom. The molecule has 0 saturated carbocycles. The molecule has 0 aromatic rings. The molecule has 106 valence electrons. The minimum Gasteiger partial charge on any atom is -0.444 e. The van der Waals surface area contributed by atoms with Gasteiger partial charge in [0.25, 0.3) is 0 Å². The molecule has 18 heavy (non-hydrogen) atoms. The van der Waals surface area contributed by atoms with Crippen molar-refractivity contribution in [2.75, 3.05) is 33.4 Å². The van der Waals surface area contributed by atoms with Crippen LogP contribution in [0.1, 0.15) is 20.8 Å². The lowest BCUT2D eigenvalue weighted by atomic mass is 10.2. The monoisotopic (exact) mass is 323 g/mol. The number of amides is 1. The van der Waals surface area contributed by atoms with E-state index in [1.54, 1.807) is 12.0 Å². The zero-order valence-electron chi connectivity index (χ0n) is 11.4. The van der Waals surface area contributed by atoms with Gasteiger partial charge in [-0.3, -0.25) is 0 Å². The second-order valence-electron chi connectivity index (χ2n) is 5.30. The number of rotatable bonds is 4. The summed E-state index contributed by atoms with van der Waals surface area (Å²) >= 11 is 3.53. The molecular formula is C12H22BrNO4. The van der Waals surface area contributed by atoms with Crippen molar-refractivity contribution in [3.8, 4) is 0 Å². The molecule has 0 aromatic carbocycles. The van der Waals surface area contributed by atoms with Crippen LogP contribution in [0, 0.1) is 0 Å². The van der Waals surface area contributed by atoms with Crippen molar-refractivity contribution in [3.05, 3.63) is 0 Å². The highest BCUT2D eigenvalue weighted by Gasteiger charge is 2.36. The zero-order chi connectivity index (χ0) is 13.8. The molecule has 1 aliphatic heterocycles. The average Bonchev–Trinajstić information content (AvgIpc) is 2.58. The number of carbonyl (C=O) groups is 1. The van der Waals surface area contributed by atoms with E-state index in [1.165, 1.54) is 0 Å². The molecule has 0 bridgehead atoms. The normalized spacial score (nSPS) is 24.4. The quantitative estimate of drug-likeness (QED) is 0.586. The summed E-state index contributed by atoms with van der Waals surface area (Å²) in [6, 6.07) is 0. The molecule has 0 aliphatic carbocycles. The lowest BCUT2D eigenvalue weighted by Gasteiger charge is -2.24. The van der Waals surface area contributed by atoms with E-state index in [0.29, 0.717) is 26.3 Å². The van der Waals surface area contributed by atoms with Crippen LogP contribution < -0.4 is 0 Å². The van der Waals surface area contributed by atoms with E-state index in [9.17, 15) is 4.79 Å². The number of ether oxygens (including phenoxy) is 3. The van der Waals surface area contributed by atoms with Gasteiger partial charge in [0, 0.05) is 13.7 Å². The van der Waals surface area contributed by atoms with Gasteiger partial charge in [-0.25, -0.2) is 4.79 Å². The molecule has 0 aromatic heterocycles. The summed E-state index contributed by atoms with van der Waals surface area (Å²) < 4.78 is 15.9. The van der Waals surface area contributed by atoms with Gasteiger partial charge in [0.2, 0.25) is 0 Å². The van der Waals surface area contributed by atoms with Gasteiger partial charge in [-0.2, -0.15) is 0 Å². The number of alkyl halides is 1. The highest BCUT2D eigenvalue weighted by atomic mass is 79.9. The topological polar surface area (TPSA) is 48.0 Å². The lowest BCUT2D eigenvalue weighted by Crippen LogP contribution is -2.36. The molecule has 1 saturated heterocycles. The van der Waals surface area contributed by atoms with Crippen LogP contribution >= 0.6 is 15.9 Å². The van der Waals surface area contributed by atoms with Gasteiger partial charge >= 0.3 is 6.09 Å². The summed E-state index contributed by atoms with van der Waals surface area (Å²) in [4.78, 5) is 13.7. The van der Waals surface area contributed by atoms with Crippen molar-refractivity contribution in [3.63, 3.8) is 0 Å². The fraction of sp³-hybridized carbons (Fsp3) is 0.917. The van der Waals surface area contributed by atoms with E-state index in [4.69, 9.17) is 14.2 Å². The summed E-state index contributed by atoms with van der Waals surface area (Å²) in [6.07, 6.45) is -0.294. The number of halogens is 1. The second-order valence-corrected chi connectivity index (χ2v) is 6.48. The van der Waals surface area contributed by atoms with E-state index in [1.807, 2.05) is 20.8 Å². The van der Waals surface area contributed by atoms with Crippen LogP contribution in [0.25, 0.3) is 0 Å². The largest absolute Gasteiger partial charge is 0.444 e. The van der Waals surface area contributed by atoms with Gasteiger partial charge in [-0.15, -0.1) is 0 Å². The van der Waals surface area contributed by atoms with Gasteiger partial charge in [0.15, 0.2) is 0 Å². The number of carbonyl (C=O) groups excluding carboxylic acids is 1. The van der Waals surface area contributed by atoms with E-state index in [2.05, 4.69) is 15.9 Å². The Hall–Kier alpha value is -0.330. The predicted molar refractivity (Wildman–Crippen MR) is 72.1 cm³/mol. The highest BCUT2D eigenvalue weighted by molar-refractivity contribution is 9.09. The molecule has 1 fully saturated rings. The van der Waals surface area contributed by atoms with E-state index < -0.39 is 5.60 Å². The Bertz CT molecular complexity index is 280.